The molecule has 0 atom stereocenters. The van der Waals surface area contributed by atoms with E-state index in [1.165, 1.54) is 0 Å². The van der Waals surface area contributed by atoms with Gasteiger partial charge in [0.1, 0.15) is 0 Å². The van der Waals surface area contributed by atoms with E-state index in [0.29, 0.717) is 17.0 Å². The predicted molar refractivity (Wildman–Crippen MR) is 105 cm³/mol. The lowest BCUT2D eigenvalue weighted by atomic mass is 9.98. The molecule has 2 aromatic carbocycles. The number of benzene rings is 2. The van der Waals surface area contributed by atoms with Crippen molar-refractivity contribution in [1.82, 2.24) is 4.90 Å². The lowest BCUT2D eigenvalue weighted by Crippen LogP contribution is -2.38. The number of anilines is 1. The molecule has 0 spiro atoms. The third-order valence-corrected chi connectivity index (χ3v) is 5.30. The second kappa shape index (κ2) is 7.73. The highest BCUT2D eigenvalue weighted by atomic mass is 16.2. The number of nitrogens with one attached hydrogen (secondary N) is 1. The number of likely N-dealkylation sites (tertiary alicyclic amines) is 1. The third kappa shape index (κ3) is 3.96. The molecule has 0 saturated carbocycles. The maximum atomic E-state index is 12.7. The van der Waals surface area contributed by atoms with Gasteiger partial charge in [-0.2, -0.15) is 0 Å². The van der Waals surface area contributed by atoms with E-state index in [2.05, 4.69) is 12.2 Å². The molecule has 1 saturated heterocycles. The van der Waals surface area contributed by atoms with Crippen molar-refractivity contribution in [2.45, 2.75) is 33.6 Å². The van der Waals surface area contributed by atoms with Gasteiger partial charge in [-0.3, -0.25) is 9.59 Å². The Morgan fingerprint density at radius 3 is 2.38 bits per heavy atom. The van der Waals surface area contributed by atoms with Crippen LogP contribution >= 0.6 is 0 Å². The Balaban J connectivity index is 1.75. The van der Waals surface area contributed by atoms with Gasteiger partial charge in [-0.05, 0) is 68.0 Å². The minimum atomic E-state index is -0.194. The maximum absolute atomic E-state index is 12.7. The van der Waals surface area contributed by atoms with Gasteiger partial charge in [-0.25, -0.2) is 0 Å². The SMILES string of the molecule is Cc1cccc(NC(=O)c2cccc(C(=O)N3CCC(C)CC3)c2)c1C. The van der Waals surface area contributed by atoms with Crippen LogP contribution in [0.25, 0.3) is 0 Å². The lowest BCUT2D eigenvalue weighted by Gasteiger charge is -2.30. The molecule has 26 heavy (non-hydrogen) atoms. The summed E-state index contributed by atoms with van der Waals surface area (Å²) in [5.41, 5.74) is 4.06. The van der Waals surface area contributed by atoms with Gasteiger partial charge in [-0.1, -0.05) is 25.1 Å². The van der Waals surface area contributed by atoms with E-state index in [1.54, 1.807) is 24.3 Å². The van der Waals surface area contributed by atoms with Gasteiger partial charge in [0.2, 0.25) is 0 Å². The molecule has 136 valence electrons. The highest BCUT2D eigenvalue weighted by Crippen LogP contribution is 2.21. The van der Waals surface area contributed by atoms with Crippen LogP contribution in [0.15, 0.2) is 42.5 Å². The van der Waals surface area contributed by atoms with E-state index in [-0.39, 0.29) is 11.8 Å². The van der Waals surface area contributed by atoms with E-state index in [9.17, 15) is 9.59 Å². The molecule has 1 heterocycles. The van der Waals surface area contributed by atoms with E-state index in [0.717, 1.165) is 42.7 Å². The van der Waals surface area contributed by atoms with Crippen LogP contribution in [0.4, 0.5) is 5.69 Å². The van der Waals surface area contributed by atoms with Crippen molar-refractivity contribution in [2.75, 3.05) is 18.4 Å². The van der Waals surface area contributed by atoms with Crippen LogP contribution in [-0.4, -0.2) is 29.8 Å². The molecule has 1 N–H and O–H groups in total. The summed E-state index contributed by atoms with van der Waals surface area (Å²) in [6.07, 6.45) is 2.08. The van der Waals surface area contributed by atoms with Crippen molar-refractivity contribution >= 4 is 17.5 Å². The van der Waals surface area contributed by atoms with Crippen LogP contribution in [0, 0.1) is 19.8 Å². The molecule has 0 bridgehead atoms. The van der Waals surface area contributed by atoms with Gasteiger partial charge in [0, 0.05) is 29.9 Å². The highest BCUT2D eigenvalue weighted by Gasteiger charge is 2.22. The summed E-state index contributed by atoms with van der Waals surface area (Å²) in [4.78, 5) is 27.3. The smallest absolute Gasteiger partial charge is 0.255 e. The quantitative estimate of drug-likeness (QED) is 0.890. The molecule has 0 aliphatic carbocycles. The summed E-state index contributed by atoms with van der Waals surface area (Å²) in [5, 5.41) is 2.95. The molecule has 0 radical (unpaired) electrons. The molecule has 4 nitrogen and oxygen atoms in total. The minimum absolute atomic E-state index is 0.0123. The molecular formula is C22H26N2O2. The van der Waals surface area contributed by atoms with Crippen LogP contribution in [0.3, 0.4) is 0 Å². The Bertz CT molecular complexity index is 821. The summed E-state index contributed by atoms with van der Waals surface area (Å²) < 4.78 is 0. The van der Waals surface area contributed by atoms with Gasteiger partial charge >= 0.3 is 0 Å². The Morgan fingerprint density at radius 1 is 1.00 bits per heavy atom. The number of aryl methyl sites for hydroxylation is 1. The molecule has 2 aromatic rings. The zero-order valence-electron chi connectivity index (χ0n) is 15.7. The standard InChI is InChI=1S/C22H26N2O2/c1-15-10-12-24(13-11-15)22(26)19-8-5-7-18(14-19)21(25)23-20-9-4-6-16(2)17(20)3/h4-9,14-15H,10-13H2,1-3H3,(H,23,25). The van der Waals surface area contributed by atoms with Crippen molar-refractivity contribution in [1.29, 1.82) is 0 Å². The Labute approximate surface area is 155 Å². The summed E-state index contributed by atoms with van der Waals surface area (Å²) in [6, 6.07) is 12.8. The van der Waals surface area contributed by atoms with Crippen molar-refractivity contribution in [3.8, 4) is 0 Å². The summed E-state index contributed by atoms with van der Waals surface area (Å²) in [6.45, 7) is 7.81. The zero-order valence-corrected chi connectivity index (χ0v) is 15.7. The van der Waals surface area contributed by atoms with Crippen molar-refractivity contribution in [3.05, 3.63) is 64.7 Å². The molecular weight excluding hydrogens is 324 g/mol. The normalized spacial score (nSPS) is 15.0. The molecule has 4 heteroatoms. The van der Waals surface area contributed by atoms with E-state index in [1.807, 2.05) is 36.9 Å². The zero-order chi connectivity index (χ0) is 18.7. The first-order valence-electron chi connectivity index (χ1n) is 9.22. The monoisotopic (exact) mass is 350 g/mol. The van der Waals surface area contributed by atoms with E-state index < -0.39 is 0 Å². The summed E-state index contributed by atoms with van der Waals surface area (Å²) in [5.74, 6) is 0.493. The number of carbonyl (C=O) groups is 2. The molecule has 1 fully saturated rings. The summed E-state index contributed by atoms with van der Waals surface area (Å²) >= 11 is 0. The number of hydrogen-bond acceptors (Lipinski definition) is 2. The number of piperidine rings is 1. The van der Waals surface area contributed by atoms with Crippen molar-refractivity contribution in [3.63, 3.8) is 0 Å². The molecule has 1 aliphatic heterocycles. The molecule has 0 aromatic heterocycles. The largest absolute Gasteiger partial charge is 0.339 e. The van der Waals surface area contributed by atoms with Crippen LogP contribution in [0.1, 0.15) is 51.6 Å². The second-order valence-corrected chi connectivity index (χ2v) is 7.26. The number of nitrogens with zero attached hydrogens (tertiary/aromatic N) is 1. The average molecular weight is 350 g/mol. The van der Waals surface area contributed by atoms with Gasteiger partial charge in [0.25, 0.3) is 11.8 Å². The maximum Gasteiger partial charge on any atom is 0.255 e. The van der Waals surface area contributed by atoms with Crippen molar-refractivity contribution in [2.24, 2.45) is 5.92 Å². The Kier molecular flexibility index (Phi) is 5.40. The number of rotatable bonds is 3. The topological polar surface area (TPSA) is 49.4 Å². The van der Waals surface area contributed by atoms with Crippen LogP contribution in [-0.2, 0) is 0 Å². The number of amides is 2. The summed E-state index contributed by atoms with van der Waals surface area (Å²) in [7, 11) is 0. The van der Waals surface area contributed by atoms with Gasteiger partial charge in [0.15, 0.2) is 0 Å². The predicted octanol–water partition coefficient (Wildman–Crippen LogP) is 4.43. The highest BCUT2D eigenvalue weighted by molar-refractivity contribution is 6.06. The molecule has 3 rings (SSSR count). The molecule has 2 amide bonds. The molecule has 1 aliphatic rings. The fourth-order valence-electron chi connectivity index (χ4n) is 3.27. The second-order valence-electron chi connectivity index (χ2n) is 7.26. The number of hydrogen-bond donors (Lipinski definition) is 1. The van der Waals surface area contributed by atoms with Gasteiger partial charge < -0.3 is 10.2 Å². The van der Waals surface area contributed by atoms with Crippen molar-refractivity contribution < 1.29 is 9.59 Å². The Morgan fingerprint density at radius 2 is 1.65 bits per heavy atom. The van der Waals surface area contributed by atoms with Crippen LogP contribution in [0.5, 0.6) is 0 Å². The van der Waals surface area contributed by atoms with Gasteiger partial charge in [0.05, 0.1) is 0 Å². The van der Waals surface area contributed by atoms with E-state index >= 15 is 0 Å². The minimum Gasteiger partial charge on any atom is -0.339 e. The first-order valence-corrected chi connectivity index (χ1v) is 9.22. The average Bonchev–Trinajstić information content (AvgIpc) is 2.65. The molecule has 0 unspecified atom stereocenters. The Hall–Kier alpha value is -2.62. The fourth-order valence-corrected chi connectivity index (χ4v) is 3.27. The number of carbonyl (C=O) groups excluding carboxylic acids is 2. The third-order valence-electron chi connectivity index (χ3n) is 5.30. The van der Waals surface area contributed by atoms with Crippen LogP contribution < -0.4 is 5.32 Å². The fraction of sp³-hybridized carbons (Fsp3) is 0.364. The van der Waals surface area contributed by atoms with Gasteiger partial charge in [-0.15, -0.1) is 0 Å². The van der Waals surface area contributed by atoms with Crippen LogP contribution in [0.2, 0.25) is 0 Å². The first kappa shape index (κ1) is 18.2. The lowest BCUT2D eigenvalue weighted by molar-refractivity contribution is 0.0697. The van der Waals surface area contributed by atoms with E-state index in [4.69, 9.17) is 0 Å². The first-order chi connectivity index (χ1) is 12.5.